The van der Waals surface area contributed by atoms with Crippen molar-refractivity contribution in [2.45, 2.75) is 38.1 Å². The number of ether oxygens (including phenoxy) is 1. The van der Waals surface area contributed by atoms with Crippen molar-refractivity contribution in [1.29, 1.82) is 0 Å². The summed E-state index contributed by atoms with van der Waals surface area (Å²) in [7, 11) is -3.75. The normalized spacial score (nSPS) is 13.7. The Hall–Kier alpha value is -3.39. The molecule has 1 amide bonds. The lowest BCUT2D eigenvalue weighted by Crippen LogP contribution is -2.33. The van der Waals surface area contributed by atoms with Crippen molar-refractivity contribution >= 4 is 21.4 Å². The van der Waals surface area contributed by atoms with Crippen molar-refractivity contribution in [1.82, 2.24) is 4.90 Å². The molecule has 4 rings (SSSR count). The fraction of sp³-hybridized carbons (Fsp3) is 0.296. The van der Waals surface area contributed by atoms with E-state index in [9.17, 15) is 13.2 Å². The number of carbonyl (C=O) groups excluding carboxylic acids is 1. The molecule has 0 aliphatic carbocycles. The summed E-state index contributed by atoms with van der Waals surface area (Å²) in [5.74, 6) is -0.516. The molecule has 0 unspecified atom stereocenters. The molecule has 0 aromatic heterocycles. The summed E-state index contributed by atoms with van der Waals surface area (Å²) in [4.78, 5) is 14.7. The van der Waals surface area contributed by atoms with E-state index < -0.39 is 20.5 Å². The predicted octanol–water partition coefficient (Wildman–Crippen LogP) is 4.64. The van der Waals surface area contributed by atoms with Gasteiger partial charge in [0.1, 0.15) is 23.1 Å². The SMILES string of the molecule is CCc1cc(-c2ccc3c(c2)CN(C(=O)c2ccc(S(C)(=O)=O)c(F)c2CC)CCO3)ccc1N. The molecule has 0 fully saturated rings. The van der Waals surface area contributed by atoms with E-state index in [1.54, 1.807) is 11.8 Å². The van der Waals surface area contributed by atoms with Gasteiger partial charge < -0.3 is 15.4 Å². The molecule has 0 saturated heterocycles. The Morgan fingerprint density at radius 2 is 1.77 bits per heavy atom. The van der Waals surface area contributed by atoms with Gasteiger partial charge in [-0.2, -0.15) is 0 Å². The van der Waals surface area contributed by atoms with Gasteiger partial charge in [0.15, 0.2) is 9.84 Å². The highest BCUT2D eigenvalue weighted by molar-refractivity contribution is 7.90. The standard InChI is InChI=1S/C27H29FN2O4S/c1-4-17-14-18(6-9-23(17)29)19-7-10-24-20(15-19)16-30(12-13-34-24)27(31)22-8-11-25(35(3,32)33)26(28)21(22)5-2/h6-11,14-15H,4-5,12-13,16,29H2,1-3H3. The Labute approximate surface area is 205 Å². The van der Waals surface area contributed by atoms with Crippen LogP contribution in [0.5, 0.6) is 5.75 Å². The third kappa shape index (κ3) is 4.89. The first-order chi connectivity index (χ1) is 16.6. The number of amides is 1. The van der Waals surface area contributed by atoms with E-state index in [1.165, 1.54) is 12.1 Å². The lowest BCUT2D eigenvalue weighted by molar-refractivity contribution is 0.0731. The minimum absolute atomic E-state index is 0.103. The van der Waals surface area contributed by atoms with E-state index >= 15 is 4.39 Å². The van der Waals surface area contributed by atoms with Gasteiger partial charge in [-0.3, -0.25) is 4.79 Å². The summed E-state index contributed by atoms with van der Waals surface area (Å²) in [6, 6.07) is 14.4. The average molecular weight is 497 g/mol. The van der Waals surface area contributed by atoms with Crippen LogP contribution in [0.15, 0.2) is 53.4 Å². The second-order valence-corrected chi connectivity index (χ2v) is 10.7. The minimum Gasteiger partial charge on any atom is -0.491 e. The van der Waals surface area contributed by atoms with Crippen molar-refractivity contribution in [2.75, 3.05) is 25.1 Å². The highest BCUT2D eigenvalue weighted by atomic mass is 32.2. The Morgan fingerprint density at radius 1 is 1.06 bits per heavy atom. The van der Waals surface area contributed by atoms with E-state index in [-0.39, 0.29) is 30.0 Å². The number of halogens is 1. The number of nitrogens with two attached hydrogens (primary N) is 1. The molecule has 6 nitrogen and oxygen atoms in total. The fourth-order valence-electron chi connectivity index (χ4n) is 4.44. The number of fused-ring (bicyclic) bond motifs is 1. The van der Waals surface area contributed by atoms with E-state index in [1.807, 2.05) is 30.3 Å². The zero-order valence-electron chi connectivity index (χ0n) is 20.1. The zero-order chi connectivity index (χ0) is 25.3. The van der Waals surface area contributed by atoms with Gasteiger partial charge in [0.2, 0.25) is 0 Å². The molecule has 35 heavy (non-hydrogen) atoms. The zero-order valence-corrected chi connectivity index (χ0v) is 20.9. The van der Waals surface area contributed by atoms with E-state index in [2.05, 4.69) is 13.0 Å². The molecule has 1 aliphatic heterocycles. The van der Waals surface area contributed by atoms with E-state index in [0.717, 1.165) is 40.6 Å². The van der Waals surface area contributed by atoms with Gasteiger partial charge in [-0.25, -0.2) is 12.8 Å². The summed E-state index contributed by atoms with van der Waals surface area (Å²) in [5, 5.41) is 0. The molecule has 1 heterocycles. The monoisotopic (exact) mass is 496 g/mol. The van der Waals surface area contributed by atoms with Crippen molar-refractivity contribution in [3.05, 3.63) is 76.6 Å². The summed E-state index contributed by atoms with van der Waals surface area (Å²) in [6.45, 7) is 4.66. The molecule has 0 spiro atoms. The molecular formula is C27H29FN2O4S. The summed E-state index contributed by atoms with van der Waals surface area (Å²) < 4.78 is 44.8. The number of rotatable bonds is 5. The van der Waals surface area contributed by atoms with E-state index in [0.29, 0.717) is 18.9 Å². The maximum Gasteiger partial charge on any atom is 0.254 e. The van der Waals surface area contributed by atoms with Crippen molar-refractivity contribution < 1.29 is 22.3 Å². The van der Waals surface area contributed by atoms with Crippen molar-refractivity contribution in [3.63, 3.8) is 0 Å². The van der Waals surface area contributed by atoms with Crippen LogP contribution >= 0.6 is 0 Å². The number of aryl methyl sites for hydroxylation is 1. The molecule has 8 heteroatoms. The van der Waals surface area contributed by atoms with Gasteiger partial charge in [-0.05, 0) is 65.9 Å². The summed E-state index contributed by atoms with van der Waals surface area (Å²) >= 11 is 0. The van der Waals surface area contributed by atoms with Gasteiger partial charge in [-0.1, -0.05) is 26.0 Å². The van der Waals surface area contributed by atoms with E-state index in [4.69, 9.17) is 10.5 Å². The highest BCUT2D eigenvalue weighted by Crippen LogP contribution is 2.32. The van der Waals surface area contributed by atoms with Gasteiger partial charge in [-0.15, -0.1) is 0 Å². The molecule has 0 atom stereocenters. The first-order valence-corrected chi connectivity index (χ1v) is 13.5. The number of nitrogens with zero attached hydrogens (tertiary/aromatic N) is 1. The smallest absolute Gasteiger partial charge is 0.254 e. The Balaban J connectivity index is 1.68. The molecular weight excluding hydrogens is 467 g/mol. The molecule has 0 saturated carbocycles. The average Bonchev–Trinajstić information content (AvgIpc) is 3.04. The molecule has 0 radical (unpaired) electrons. The van der Waals surface area contributed by atoms with Crippen LogP contribution < -0.4 is 10.5 Å². The maximum absolute atomic E-state index is 15.0. The largest absolute Gasteiger partial charge is 0.491 e. The van der Waals surface area contributed by atoms with Crippen LogP contribution in [-0.2, 0) is 29.2 Å². The molecule has 0 bridgehead atoms. The second-order valence-electron chi connectivity index (χ2n) is 8.69. The Morgan fingerprint density at radius 3 is 2.46 bits per heavy atom. The van der Waals surface area contributed by atoms with Crippen LogP contribution in [0.2, 0.25) is 0 Å². The lowest BCUT2D eigenvalue weighted by atomic mass is 9.98. The third-order valence-electron chi connectivity index (χ3n) is 6.38. The second kappa shape index (κ2) is 9.70. The summed E-state index contributed by atoms with van der Waals surface area (Å²) in [6.07, 6.45) is 1.97. The Kier molecular flexibility index (Phi) is 6.85. The number of hydrogen-bond donors (Lipinski definition) is 1. The number of carbonyl (C=O) groups is 1. The van der Waals surface area contributed by atoms with Crippen LogP contribution in [0.3, 0.4) is 0 Å². The number of hydrogen-bond acceptors (Lipinski definition) is 5. The van der Waals surface area contributed by atoms with Crippen LogP contribution in [0, 0.1) is 5.82 Å². The maximum atomic E-state index is 15.0. The first-order valence-electron chi connectivity index (χ1n) is 11.6. The van der Waals surface area contributed by atoms with Crippen molar-refractivity contribution in [2.24, 2.45) is 0 Å². The third-order valence-corrected chi connectivity index (χ3v) is 7.49. The van der Waals surface area contributed by atoms with Crippen LogP contribution in [0.25, 0.3) is 11.1 Å². The van der Waals surface area contributed by atoms with Gasteiger partial charge in [0.25, 0.3) is 5.91 Å². The van der Waals surface area contributed by atoms with Crippen LogP contribution in [0.1, 0.15) is 40.9 Å². The lowest BCUT2D eigenvalue weighted by Gasteiger charge is -2.22. The highest BCUT2D eigenvalue weighted by Gasteiger charge is 2.27. The predicted molar refractivity (Wildman–Crippen MR) is 135 cm³/mol. The van der Waals surface area contributed by atoms with Crippen molar-refractivity contribution in [3.8, 4) is 16.9 Å². The molecule has 3 aromatic carbocycles. The molecule has 184 valence electrons. The molecule has 2 N–H and O–H groups in total. The summed E-state index contributed by atoms with van der Waals surface area (Å²) in [5.41, 5.74) is 11.0. The fourth-order valence-corrected chi connectivity index (χ4v) is 5.21. The van der Waals surface area contributed by atoms with Gasteiger partial charge in [0.05, 0.1) is 6.54 Å². The van der Waals surface area contributed by atoms with Gasteiger partial charge in [0, 0.05) is 35.2 Å². The minimum atomic E-state index is -3.75. The van der Waals surface area contributed by atoms with Crippen LogP contribution in [0.4, 0.5) is 10.1 Å². The molecule has 3 aromatic rings. The quantitative estimate of drug-likeness (QED) is 0.520. The Bertz CT molecular complexity index is 1400. The number of benzene rings is 3. The topological polar surface area (TPSA) is 89.7 Å². The molecule has 1 aliphatic rings. The first kappa shape index (κ1) is 24.7. The van der Waals surface area contributed by atoms with Crippen LogP contribution in [-0.4, -0.2) is 38.6 Å². The number of anilines is 1. The van der Waals surface area contributed by atoms with Gasteiger partial charge >= 0.3 is 0 Å². The number of nitrogen functional groups attached to an aromatic ring is 1. The number of sulfone groups is 1.